The van der Waals surface area contributed by atoms with Crippen LogP contribution in [0.5, 0.6) is 0 Å². The highest BCUT2D eigenvalue weighted by Crippen LogP contribution is 2.66. The molecular weight excluding hydrogens is 372 g/mol. The van der Waals surface area contributed by atoms with Crippen LogP contribution in [0.4, 0.5) is 0 Å². The zero-order valence-electron chi connectivity index (χ0n) is 19.4. The molecule has 3 atom stereocenters. The third-order valence-corrected chi connectivity index (χ3v) is 6.12. The van der Waals surface area contributed by atoms with Crippen molar-refractivity contribution in [3.63, 3.8) is 0 Å². The van der Waals surface area contributed by atoms with Gasteiger partial charge >= 0.3 is 0 Å². The second kappa shape index (κ2) is 9.91. The van der Waals surface area contributed by atoms with Gasteiger partial charge in [-0.25, -0.2) is 0 Å². The molecule has 0 spiro atoms. The Kier molecular flexibility index (Phi) is 8.04. The van der Waals surface area contributed by atoms with E-state index in [9.17, 15) is 5.11 Å². The minimum absolute atomic E-state index is 0.0645. The minimum Gasteiger partial charge on any atom is -0.393 e. The van der Waals surface area contributed by atoms with Gasteiger partial charge in [0.25, 0.3) is 0 Å². The van der Waals surface area contributed by atoms with Crippen LogP contribution in [0.2, 0.25) is 0 Å². The normalized spacial score (nSPS) is 32.7. The lowest BCUT2D eigenvalue weighted by Gasteiger charge is -2.39. The molecule has 0 aromatic rings. The van der Waals surface area contributed by atoms with Crippen LogP contribution in [0.3, 0.4) is 0 Å². The van der Waals surface area contributed by atoms with Crippen LogP contribution in [0.25, 0.3) is 0 Å². The second-order valence-electron chi connectivity index (χ2n) is 9.41. The number of hydrogen-bond acceptors (Lipinski definition) is 3. The first-order chi connectivity index (χ1) is 14.1. The highest BCUT2D eigenvalue weighted by Gasteiger charge is 2.74. The lowest BCUT2D eigenvalue weighted by Crippen LogP contribution is -2.46. The smallest absolute Gasteiger partial charge is 0.121 e. The number of ether oxygens (including phenoxy) is 1. The van der Waals surface area contributed by atoms with Crippen molar-refractivity contribution in [2.75, 3.05) is 6.61 Å². The van der Waals surface area contributed by atoms with Gasteiger partial charge < -0.3 is 14.9 Å². The summed E-state index contributed by atoms with van der Waals surface area (Å²) in [5.41, 5.74) is 2.80. The topological polar surface area (TPSA) is 53.0 Å². The van der Waals surface area contributed by atoms with Gasteiger partial charge in [0.1, 0.15) is 11.2 Å². The zero-order chi connectivity index (χ0) is 22.4. The second-order valence-corrected chi connectivity index (χ2v) is 9.41. The van der Waals surface area contributed by atoms with Crippen LogP contribution < -0.4 is 0 Å². The molecule has 164 valence electrons. The molecule has 3 heteroatoms. The van der Waals surface area contributed by atoms with Crippen LogP contribution in [0, 0.1) is 5.41 Å². The number of rotatable bonds is 8. The van der Waals surface area contributed by atoms with Gasteiger partial charge in [-0.05, 0) is 40.2 Å². The van der Waals surface area contributed by atoms with Crippen molar-refractivity contribution in [1.29, 1.82) is 0 Å². The van der Waals surface area contributed by atoms with Gasteiger partial charge in [0.2, 0.25) is 0 Å². The van der Waals surface area contributed by atoms with E-state index >= 15 is 0 Å². The van der Waals surface area contributed by atoms with Crippen molar-refractivity contribution in [3.8, 4) is 0 Å². The Morgan fingerprint density at radius 1 is 0.867 bits per heavy atom. The first-order valence-electron chi connectivity index (χ1n) is 10.8. The molecule has 2 aliphatic rings. The summed E-state index contributed by atoms with van der Waals surface area (Å²) < 4.78 is 6.20. The largest absolute Gasteiger partial charge is 0.393 e. The lowest BCUT2D eigenvalue weighted by molar-refractivity contribution is 0.0515. The van der Waals surface area contributed by atoms with Gasteiger partial charge in [-0.15, -0.1) is 0 Å². The molecule has 0 amide bonds. The van der Waals surface area contributed by atoms with Crippen LogP contribution in [-0.4, -0.2) is 34.1 Å². The van der Waals surface area contributed by atoms with E-state index in [0.717, 1.165) is 23.1 Å². The Morgan fingerprint density at radius 2 is 1.43 bits per heavy atom. The Hall–Kier alpha value is -1.94. The van der Waals surface area contributed by atoms with E-state index in [0.29, 0.717) is 6.42 Å². The van der Waals surface area contributed by atoms with E-state index < -0.39 is 0 Å². The lowest BCUT2D eigenvalue weighted by atomic mass is 9.63. The molecule has 0 radical (unpaired) electrons. The summed E-state index contributed by atoms with van der Waals surface area (Å²) in [6.07, 6.45) is 23.5. The molecule has 2 rings (SSSR count). The average Bonchev–Trinajstić information content (AvgIpc) is 3.27. The molecule has 1 heterocycles. The fourth-order valence-electron chi connectivity index (χ4n) is 4.50. The summed E-state index contributed by atoms with van der Waals surface area (Å²) in [6.45, 7) is 12.7. The number of hydrogen-bond donors (Lipinski definition) is 2. The third kappa shape index (κ3) is 5.81. The maximum Gasteiger partial charge on any atom is 0.121 e. The highest BCUT2D eigenvalue weighted by atomic mass is 16.6. The van der Waals surface area contributed by atoms with Gasteiger partial charge in [0, 0.05) is 11.8 Å². The maximum atomic E-state index is 10.2. The Morgan fingerprint density at radius 3 is 2.03 bits per heavy atom. The van der Waals surface area contributed by atoms with Crippen LogP contribution in [-0.2, 0) is 4.74 Å². The SMILES string of the molecule is CC(/C=C/C=C(C)/C=C/[C@]12O[C@@]1(C)C[C@H](O)CC2(C)C)=C\C=C\C=C(C)\C=C\CO. The Balaban J connectivity index is 1.95. The zero-order valence-corrected chi connectivity index (χ0v) is 19.4. The van der Waals surface area contributed by atoms with E-state index in [4.69, 9.17) is 9.84 Å². The quantitative estimate of drug-likeness (QED) is 0.396. The molecule has 2 fully saturated rings. The number of allylic oxidation sites excluding steroid dienone is 12. The highest BCUT2D eigenvalue weighted by molar-refractivity contribution is 5.36. The van der Waals surface area contributed by atoms with Crippen molar-refractivity contribution >= 4 is 0 Å². The molecule has 0 aromatic carbocycles. The number of epoxide rings is 1. The summed E-state index contributed by atoms with van der Waals surface area (Å²) in [6, 6.07) is 0. The van der Waals surface area contributed by atoms with Gasteiger partial charge in [-0.1, -0.05) is 91.3 Å². The van der Waals surface area contributed by atoms with Gasteiger partial charge in [-0.3, -0.25) is 0 Å². The van der Waals surface area contributed by atoms with Gasteiger partial charge in [-0.2, -0.15) is 0 Å². The van der Waals surface area contributed by atoms with Crippen molar-refractivity contribution in [1.82, 2.24) is 0 Å². The fourth-order valence-corrected chi connectivity index (χ4v) is 4.50. The predicted octanol–water partition coefficient (Wildman–Crippen LogP) is 5.75. The first kappa shape index (κ1) is 24.3. The van der Waals surface area contributed by atoms with Crippen molar-refractivity contribution in [3.05, 3.63) is 83.6 Å². The van der Waals surface area contributed by atoms with Crippen molar-refractivity contribution in [2.24, 2.45) is 5.41 Å². The van der Waals surface area contributed by atoms with E-state index in [2.05, 4.69) is 71.1 Å². The standard InChI is InChI=1S/C27H38O3/c1-21(11-7-8-12-22(2)15-10-18-28)13-9-14-23(3)16-17-27-25(4,5)19-24(29)20-26(27,6)30-27/h7-17,24,28-29H,18-20H2,1-6H3/b8-7+,13-9+,15-10+,17-16+,21-11+,22-12+,23-14+/t24-,26+,27-/m1/s1. The maximum absolute atomic E-state index is 10.2. The molecule has 1 aliphatic heterocycles. The molecule has 1 saturated carbocycles. The molecule has 0 bridgehead atoms. The summed E-state index contributed by atoms with van der Waals surface area (Å²) in [4.78, 5) is 0. The molecule has 1 aliphatic carbocycles. The number of aliphatic hydroxyl groups excluding tert-OH is 2. The predicted molar refractivity (Wildman–Crippen MR) is 126 cm³/mol. The first-order valence-corrected chi connectivity index (χ1v) is 10.8. The van der Waals surface area contributed by atoms with Gasteiger partial charge in [0.15, 0.2) is 0 Å². The van der Waals surface area contributed by atoms with Crippen LogP contribution in [0.15, 0.2) is 83.6 Å². The van der Waals surface area contributed by atoms with Crippen molar-refractivity contribution < 1.29 is 14.9 Å². The molecule has 1 saturated heterocycles. The number of fused-ring (bicyclic) bond motifs is 1. The molecule has 0 unspecified atom stereocenters. The molecule has 3 nitrogen and oxygen atoms in total. The monoisotopic (exact) mass is 410 g/mol. The molecular formula is C27H38O3. The Bertz CT molecular complexity index is 819. The third-order valence-electron chi connectivity index (χ3n) is 6.12. The summed E-state index contributed by atoms with van der Waals surface area (Å²) >= 11 is 0. The van der Waals surface area contributed by atoms with Crippen LogP contribution >= 0.6 is 0 Å². The van der Waals surface area contributed by atoms with Gasteiger partial charge in [0.05, 0.1) is 12.7 Å². The molecule has 0 aromatic heterocycles. The molecule has 2 N–H and O–H groups in total. The summed E-state index contributed by atoms with van der Waals surface area (Å²) in [7, 11) is 0. The van der Waals surface area contributed by atoms with E-state index in [1.54, 1.807) is 6.08 Å². The average molecular weight is 411 g/mol. The molecule has 30 heavy (non-hydrogen) atoms. The van der Waals surface area contributed by atoms with Crippen molar-refractivity contribution in [2.45, 2.75) is 71.7 Å². The fraction of sp³-hybridized carbons (Fsp3) is 0.481. The van der Waals surface area contributed by atoms with E-state index in [1.807, 2.05) is 31.2 Å². The Labute approximate surface area is 182 Å². The van der Waals surface area contributed by atoms with Crippen LogP contribution in [0.1, 0.15) is 54.4 Å². The van der Waals surface area contributed by atoms with E-state index in [-0.39, 0.29) is 29.3 Å². The van der Waals surface area contributed by atoms with E-state index in [1.165, 1.54) is 0 Å². The number of aliphatic hydroxyl groups is 2. The minimum atomic E-state index is -0.283. The summed E-state index contributed by atoms with van der Waals surface area (Å²) in [5, 5.41) is 18.9. The summed E-state index contributed by atoms with van der Waals surface area (Å²) in [5.74, 6) is 0.